The number of hydrazone groups is 2. The van der Waals surface area contributed by atoms with Crippen LogP contribution in [0.5, 0.6) is 23.0 Å². The van der Waals surface area contributed by atoms with Gasteiger partial charge in [-0.1, -0.05) is 60.7 Å². The van der Waals surface area contributed by atoms with Gasteiger partial charge in [0.2, 0.25) is 11.8 Å². The van der Waals surface area contributed by atoms with E-state index in [1.54, 1.807) is 24.3 Å². The second-order valence-electron chi connectivity index (χ2n) is 10.3. The molecular formula is C34H32N4O6. The molecular weight excluding hydrogens is 560 g/mol. The first-order valence-corrected chi connectivity index (χ1v) is 13.9. The van der Waals surface area contributed by atoms with E-state index < -0.39 is 23.7 Å². The van der Waals surface area contributed by atoms with Crippen LogP contribution in [0.2, 0.25) is 0 Å². The summed E-state index contributed by atoms with van der Waals surface area (Å²) in [7, 11) is 2.90. The Balaban J connectivity index is 1.41. The lowest BCUT2D eigenvalue weighted by molar-refractivity contribution is -0.140. The molecule has 10 heteroatoms. The highest BCUT2D eigenvalue weighted by Gasteiger charge is 2.58. The molecule has 0 aliphatic heterocycles. The Kier molecular flexibility index (Phi) is 9.19. The fraction of sp³-hybridized carbons (Fsp3) is 0.176. The highest BCUT2D eigenvalue weighted by Crippen LogP contribution is 2.57. The predicted molar refractivity (Wildman–Crippen MR) is 166 cm³/mol. The number of carbonyl (C=O) groups excluding carboxylic acids is 2. The maximum absolute atomic E-state index is 13.7. The lowest BCUT2D eigenvalue weighted by Gasteiger charge is -2.50. The van der Waals surface area contributed by atoms with Crippen LogP contribution in [0.15, 0.2) is 107 Å². The van der Waals surface area contributed by atoms with Crippen molar-refractivity contribution >= 4 is 24.2 Å². The molecule has 4 N–H and O–H groups in total. The number of ether oxygens (including phenoxy) is 2. The number of methoxy groups -OCH3 is 2. The monoisotopic (exact) mass is 592 g/mol. The minimum atomic E-state index is -0.604. The number of nitrogens with zero attached hydrogens (tertiary/aromatic N) is 2. The Morgan fingerprint density at radius 3 is 1.39 bits per heavy atom. The summed E-state index contributed by atoms with van der Waals surface area (Å²) in [5.74, 6) is -2.21. The molecule has 4 aromatic rings. The maximum atomic E-state index is 13.7. The van der Waals surface area contributed by atoms with Crippen molar-refractivity contribution in [3.05, 3.63) is 119 Å². The quantitative estimate of drug-likeness (QED) is 0.158. The SMILES string of the molecule is COc1cc(C=NNC(=O)C2C(c3ccccc3)C(C(=O)NN=Cc3ccc(O)c(OC)c3)C2c2ccccc2)ccc1O. The van der Waals surface area contributed by atoms with Crippen LogP contribution in [-0.4, -0.2) is 48.7 Å². The van der Waals surface area contributed by atoms with Crippen molar-refractivity contribution in [1.29, 1.82) is 0 Å². The standard InChI is InChI=1S/C34H32N4O6/c1-43-27-17-21(13-15-25(27)39)19-35-37-33(41)31-29(23-9-5-3-6-10-23)32(30(31)24-11-7-4-8-12-24)34(42)38-36-20-22-14-16-26(40)28(18-22)44-2/h3-20,29-32,39-40H,1-2H3,(H,37,41)(H,38,42). The van der Waals surface area contributed by atoms with Gasteiger partial charge in [-0.3, -0.25) is 9.59 Å². The van der Waals surface area contributed by atoms with Gasteiger partial charge in [0.05, 0.1) is 38.5 Å². The Bertz CT molecular complexity index is 1540. The second-order valence-corrected chi connectivity index (χ2v) is 10.3. The predicted octanol–water partition coefficient (Wildman–Crippen LogP) is 4.53. The number of amides is 2. The van der Waals surface area contributed by atoms with E-state index in [0.29, 0.717) is 11.1 Å². The Morgan fingerprint density at radius 1 is 0.636 bits per heavy atom. The summed E-state index contributed by atoms with van der Waals surface area (Å²) < 4.78 is 10.3. The summed E-state index contributed by atoms with van der Waals surface area (Å²) in [6.07, 6.45) is 2.93. The first-order chi connectivity index (χ1) is 21.4. The fourth-order valence-corrected chi connectivity index (χ4v) is 5.62. The maximum Gasteiger partial charge on any atom is 0.244 e. The molecule has 1 aliphatic carbocycles. The van der Waals surface area contributed by atoms with Crippen molar-refractivity contribution in [2.24, 2.45) is 22.0 Å². The molecule has 0 saturated heterocycles. The van der Waals surface area contributed by atoms with E-state index in [0.717, 1.165) is 11.1 Å². The van der Waals surface area contributed by atoms with Crippen molar-refractivity contribution in [3.8, 4) is 23.0 Å². The Hall–Kier alpha value is -5.64. The Labute approximate surface area is 254 Å². The van der Waals surface area contributed by atoms with Gasteiger partial charge in [0.25, 0.3) is 0 Å². The Morgan fingerprint density at radius 2 is 1.02 bits per heavy atom. The number of hydrogen-bond acceptors (Lipinski definition) is 8. The van der Waals surface area contributed by atoms with Gasteiger partial charge in [0, 0.05) is 11.8 Å². The van der Waals surface area contributed by atoms with E-state index in [-0.39, 0.29) is 34.8 Å². The summed E-state index contributed by atoms with van der Waals surface area (Å²) in [4.78, 5) is 27.5. The first kappa shape index (κ1) is 29.8. The number of aromatic hydroxyl groups is 2. The van der Waals surface area contributed by atoms with Crippen LogP contribution in [0.4, 0.5) is 0 Å². The van der Waals surface area contributed by atoms with Gasteiger partial charge in [-0.05, 0) is 58.7 Å². The molecule has 4 aromatic carbocycles. The molecule has 0 heterocycles. The van der Waals surface area contributed by atoms with Crippen molar-refractivity contribution in [2.75, 3.05) is 14.2 Å². The topological polar surface area (TPSA) is 142 Å². The van der Waals surface area contributed by atoms with Crippen molar-refractivity contribution in [3.63, 3.8) is 0 Å². The molecule has 0 spiro atoms. The van der Waals surface area contributed by atoms with E-state index in [9.17, 15) is 19.8 Å². The first-order valence-electron chi connectivity index (χ1n) is 13.9. The van der Waals surface area contributed by atoms with Crippen LogP contribution in [0.25, 0.3) is 0 Å². The number of nitrogens with one attached hydrogen (secondary N) is 2. The van der Waals surface area contributed by atoms with Crippen molar-refractivity contribution in [1.82, 2.24) is 10.9 Å². The summed E-state index contributed by atoms with van der Waals surface area (Å²) in [5, 5.41) is 28.0. The smallest absolute Gasteiger partial charge is 0.244 e. The third-order valence-corrected chi connectivity index (χ3v) is 7.71. The molecule has 0 atom stereocenters. The molecule has 0 aromatic heterocycles. The molecule has 5 rings (SSSR count). The third kappa shape index (κ3) is 6.39. The minimum absolute atomic E-state index is 0.00370. The zero-order chi connectivity index (χ0) is 31.1. The lowest BCUT2D eigenvalue weighted by Crippen LogP contribution is -2.55. The zero-order valence-electron chi connectivity index (χ0n) is 24.1. The summed E-state index contributed by atoms with van der Waals surface area (Å²) in [5.41, 5.74) is 8.25. The van der Waals surface area contributed by atoms with Gasteiger partial charge in [0.15, 0.2) is 23.0 Å². The number of rotatable bonds is 10. The van der Waals surface area contributed by atoms with Crippen molar-refractivity contribution < 1.29 is 29.3 Å². The molecule has 1 aliphatic rings. The van der Waals surface area contributed by atoms with E-state index in [1.807, 2.05) is 60.7 Å². The van der Waals surface area contributed by atoms with Crippen LogP contribution < -0.4 is 20.3 Å². The molecule has 44 heavy (non-hydrogen) atoms. The van der Waals surface area contributed by atoms with Gasteiger partial charge < -0.3 is 19.7 Å². The molecule has 1 fully saturated rings. The second kappa shape index (κ2) is 13.6. The number of hydrogen-bond donors (Lipinski definition) is 4. The van der Waals surface area contributed by atoms with Crippen LogP contribution in [0.3, 0.4) is 0 Å². The normalized spacial score (nSPS) is 19.3. The van der Waals surface area contributed by atoms with Gasteiger partial charge in [-0.25, -0.2) is 10.9 Å². The van der Waals surface area contributed by atoms with Crippen LogP contribution >= 0.6 is 0 Å². The molecule has 2 amide bonds. The van der Waals surface area contributed by atoms with Gasteiger partial charge in [0.1, 0.15) is 0 Å². The zero-order valence-corrected chi connectivity index (χ0v) is 24.1. The molecule has 224 valence electrons. The van der Waals surface area contributed by atoms with Gasteiger partial charge >= 0.3 is 0 Å². The molecule has 0 unspecified atom stereocenters. The average molecular weight is 593 g/mol. The number of phenols is 2. The molecule has 0 bridgehead atoms. The van der Waals surface area contributed by atoms with Crippen LogP contribution in [0, 0.1) is 11.8 Å². The van der Waals surface area contributed by atoms with Crippen LogP contribution in [0.1, 0.15) is 34.1 Å². The molecule has 1 saturated carbocycles. The average Bonchev–Trinajstić information content (AvgIpc) is 3.03. The number of phenolic OH excluding ortho intramolecular Hbond substituents is 2. The minimum Gasteiger partial charge on any atom is -0.504 e. The highest BCUT2D eigenvalue weighted by molar-refractivity contribution is 5.91. The van der Waals surface area contributed by atoms with Gasteiger partial charge in [-0.15, -0.1) is 0 Å². The highest BCUT2D eigenvalue weighted by atomic mass is 16.5. The lowest BCUT2D eigenvalue weighted by atomic mass is 9.52. The third-order valence-electron chi connectivity index (χ3n) is 7.71. The number of carbonyl (C=O) groups is 2. The van der Waals surface area contributed by atoms with Crippen LogP contribution in [-0.2, 0) is 9.59 Å². The summed E-state index contributed by atoms with van der Waals surface area (Å²) in [6, 6.07) is 28.4. The summed E-state index contributed by atoms with van der Waals surface area (Å²) >= 11 is 0. The molecule has 0 radical (unpaired) electrons. The number of benzene rings is 4. The van der Waals surface area contributed by atoms with Gasteiger partial charge in [-0.2, -0.15) is 10.2 Å². The van der Waals surface area contributed by atoms with E-state index in [4.69, 9.17) is 9.47 Å². The summed E-state index contributed by atoms with van der Waals surface area (Å²) in [6.45, 7) is 0. The van der Waals surface area contributed by atoms with Crippen molar-refractivity contribution in [2.45, 2.75) is 11.8 Å². The van der Waals surface area contributed by atoms with E-state index in [1.165, 1.54) is 38.8 Å². The molecule has 10 nitrogen and oxygen atoms in total. The largest absolute Gasteiger partial charge is 0.504 e. The van der Waals surface area contributed by atoms with E-state index >= 15 is 0 Å². The fourth-order valence-electron chi connectivity index (χ4n) is 5.62. The van der Waals surface area contributed by atoms with E-state index in [2.05, 4.69) is 21.1 Å².